The predicted octanol–water partition coefficient (Wildman–Crippen LogP) is 0.579. The van der Waals surface area contributed by atoms with E-state index >= 15 is 0 Å². The van der Waals surface area contributed by atoms with Crippen molar-refractivity contribution >= 4 is 15.7 Å². The largest absolute Gasteiger partial charge is 0.399 e. The van der Waals surface area contributed by atoms with Gasteiger partial charge in [0.15, 0.2) is 0 Å². The Hall–Kier alpha value is -1.11. The molecule has 0 heterocycles. The fourth-order valence-electron chi connectivity index (χ4n) is 1.60. The Bertz CT molecular complexity index is 497. The van der Waals surface area contributed by atoms with Crippen LogP contribution in [0.2, 0.25) is 0 Å². The van der Waals surface area contributed by atoms with Crippen LogP contribution in [-0.4, -0.2) is 37.5 Å². The first-order valence-corrected chi connectivity index (χ1v) is 6.69. The van der Waals surface area contributed by atoms with Gasteiger partial charge in [0.1, 0.15) is 0 Å². The van der Waals surface area contributed by atoms with Crippen LogP contribution in [0, 0.1) is 6.92 Å². The molecule has 0 radical (unpaired) electrons. The van der Waals surface area contributed by atoms with Gasteiger partial charge in [-0.25, -0.2) is 8.42 Å². The number of aliphatic hydroxyl groups is 1. The number of hydrogen-bond donors (Lipinski definition) is 2. The normalized spacial score (nSPS) is 13.9. The molecule has 0 aliphatic carbocycles. The lowest BCUT2D eigenvalue weighted by atomic mass is 10.2. The first-order chi connectivity index (χ1) is 7.75. The summed E-state index contributed by atoms with van der Waals surface area (Å²) in [6.07, 6.45) is -0.705. The highest BCUT2D eigenvalue weighted by molar-refractivity contribution is 7.89. The topological polar surface area (TPSA) is 83.6 Å². The first kappa shape index (κ1) is 14.0. The second-order valence-electron chi connectivity index (χ2n) is 4.16. The van der Waals surface area contributed by atoms with E-state index in [9.17, 15) is 13.5 Å². The fraction of sp³-hybridized carbons (Fsp3) is 0.455. The summed E-state index contributed by atoms with van der Waals surface area (Å²) in [6.45, 7) is 3.30. The van der Waals surface area contributed by atoms with E-state index in [1.54, 1.807) is 26.0 Å². The molecule has 0 aliphatic heterocycles. The molecule has 0 saturated heterocycles. The van der Waals surface area contributed by atoms with Gasteiger partial charge >= 0.3 is 0 Å². The van der Waals surface area contributed by atoms with Crippen molar-refractivity contribution in [1.82, 2.24) is 4.31 Å². The molecule has 0 saturated carbocycles. The molecule has 1 aromatic carbocycles. The molecule has 1 aromatic rings. The lowest BCUT2D eigenvalue weighted by molar-refractivity contribution is 0.171. The van der Waals surface area contributed by atoms with Gasteiger partial charge in [-0.15, -0.1) is 0 Å². The van der Waals surface area contributed by atoms with Crippen LogP contribution in [0.25, 0.3) is 0 Å². The average Bonchev–Trinajstić information content (AvgIpc) is 2.15. The second-order valence-corrected chi connectivity index (χ2v) is 6.17. The van der Waals surface area contributed by atoms with Crippen molar-refractivity contribution in [2.24, 2.45) is 0 Å². The average molecular weight is 258 g/mol. The third-order valence-corrected chi connectivity index (χ3v) is 4.39. The zero-order valence-electron chi connectivity index (χ0n) is 10.2. The van der Waals surface area contributed by atoms with Crippen LogP contribution in [0.5, 0.6) is 0 Å². The number of benzene rings is 1. The number of nitrogen functional groups attached to an aromatic ring is 1. The SMILES string of the molecule is Cc1cc(N)ccc1S(=O)(=O)N(C)CC(C)O. The molecule has 0 fully saturated rings. The van der Waals surface area contributed by atoms with Crippen LogP contribution >= 0.6 is 0 Å². The van der Waals surface area contributed by atoms with Crippen molar-refractivity contribution in [3.63, 3.8) is 0 Å². The molecule has 1 atom stereocenters. The number of hydrogen-bond acceptors (Lipinski definition) is 4. The van der Waals surface area contributed by atoms with Crippen molar-refractivity contribution in [2.45, 2.75) is 24.8 Å². The molecule has 5 nitrogen and oxygen atoms in total. The van der Waals surface area contributed by atoms with Crippen LogP contribution in [0.1, 0.15) is 12.5 Å². The second kappa shape index (κ2) is 5.03. The molecule has 96 valence electrons. The summed E-state index contributed by atoms with van der Waals surface area (Å²) in [4.78, 5) is 0.217. The predicted molar refractivity (Wildman–Crippen MR) is 67.1 cm³/mol. The fourth-order valence-corrected chi connectivity index (χ4v) is 3.05. The monoisotopic (exact) mass is 258 g/mol. The third-order valence-electron chi connectivity index (χ3n) is 2.41. The molecule has 0 spiro atoms. The van der Waals surface area contributed by atoms with Gasteiger partial charge in [0.25, 0.3) is 0 Å². The van der Waals surface area contributed by atoms with Crippen molar-refractivity contribution in [3.8, 4) is 0 Å². The lowest BCUT2D eigenvalue weighted by Crippen LogP contribution is -2.33. The molecule has 1 rings (SSSR count). The highest BCUT2D eigenvalue weighted by Gasteiger charge is 2.23. The van der Waals surface area contributed by atoms with Crippen molar-refractivity contribution in [1.29, 1.82) is 0 Å². The summed E-state index contributed by atoms with van der Waals surface area (Å²) in [7, 11) is -2.12. The zero-order valence-corrected chi connectivity index (χ0v) is 11.0. The molecule has 0 aromatic heterocycles. The maximum atomic E-state index is 12.2. The number of aryl methyl sites for hydroxylation is 1. The molecule has 0 bridgehead atoms. The van der Waals surface area contributed by atoms with E-state index < -0.39 is 16.1 Å². The van der Waals surface area contributed by atoms with Gasteiger partial charge in [-0.1, -0.05) is 0 Å². The number of nitrogens with zero attached hydrogens (tertiary/aromatic N) is 1. The smallest absolute Gasteiger partial charge is 0.243 e. The number of likely N-dealkylation sites (N-methyl/N-ethyl adjacent to an activating group) is 1. The van der Waals surface area contributed by atoms with Gasteiger partial charge in [0.05, 0.1) is 11.0 Å². The van der Waals surface area contributed by atoms with Gasteiger partial charge in [0.2, 0.25) is 10.0 Å². The van der Waals surface area contributed by atoms with E-state index in [1.165, 1.54) is 13.1 Å². The Morgan fingerprint density at radius 1 is 1.47 bits per heavy atom. The van der Waals surface area contributed by atoms with Gasteiger partial charge in [-0.05, 0) is 37.6 Å². The van der Waals surface area contributed by atoms with Crippen molar-refractivity contribution in [2.75, 3.05) is 19.3 Å². The van der Waals surface area contributed by atoms with Gasteiger partial charge < -0.3 is 10.8 Å². The summed E-state index contributed by atoms with van der Waals surface area (Å²) in [6, 6.07) is 4.65. The Balaban J connectivity index is 3.13. The van der Waals surface area contributed by atoms with E-state index in [0.29, 0.717) is 11.3 Å². The van der Waals surface area contributed by atoms with E-state index in [-0.39, 0.29) is 11.4 Å². The van der Waals surface area contributed by atoms with Crippen LogP contribution in [-0.2, 0) is 10.0 Å². The van der Waals surface area contributed by atoms with Crippen molar-refractivity contribution < 1.29 is 13.5 Å². The van der Waals surface area contributed by atoms with Gasteiger partial charge in [0, 0.05) is 19.3 Å². The minimum Gasteiger partial charge on any atom is -0.399 e. The summed E-state index contributed by atoms with van der Waals surface area (Å²) in [5, 5.41) is 9.22. The molecule has 0 amide bonds. The minimum absolute atomic E-state index is 0.0617. The Morgan fingerprint density at radius 2 is 2.06 bits per heavy atom. The quantitative estimate of drug-likeness (QED) is 0.774. The first-order valence-electron chi connectivity index (χ1n) is 5.25. The third kappa shape index (κ3) is 3.18. The zero-order chi connectivity index (χ0) is 13.2. The number of rotatable bonds is 4. The molecule has 0 aliphatic rings. The maximum Gasteiger partial charge on any atom is 0.243 e. The molecule has 6 heteroatoms. The molecule has 1 unspecified atom stereocenters. The van der Waals surface area contributed by atoms with Crippen LogP contribution in [0.3, 0.4) is 0 Å². The summed E-state index contributed by atoms with van der Waals surface area (Å²) in [5.74, 6) is 0. The van der Waals surface area contributed by atoms with E-state index in [4.69, 9.17) is 5.73 Å². The molecule has 17 heavy (non-hydrogen) atoms. The van der Waals surface area contributed by atoms with E-state index in [0.717, 1.165) is 4.31 Å². The highest BCUT2D eigenvalue weighted by atomic mass is 32.2. The molecular weight excluding hydrogens is 240 g/mol. The van der Waals surface area contributed by atoms with Crippen molar-refractivity contribution in [3.05, 3.63) is 23.8 Å². The lowest BCUT2D eigenvalue weighted by Gasteiger charge is -2.19. The highest BCUT2D eigenvalue weighted by Crippen LogP contribution is 2.21. The summed E-state index contributed by atoms with van der Waals surface area (Å²) in [5.41, 5.74) is 6.71. The van der Waals surface area contributed by atoms with Gasteiger partial charge in [-0.2, -0.15) is 4.31 Å². The van der Waals surface area contributed by atoms with E-state index in [1.807, 2.05) is 0 Å². The van der Waals surface area contributed by atoms with Crippen LogP contribution in [0.15, 0.2) is 23.1 Å². The summed E-state index contributed by atoms with van der Waals surface area (Å²) < 4.78 is 25.5. The van der Waals surface area contributed by atoms with Crippen LogP contribution in [0.4, 0.5) is 5.69 Å². The standard InChI is InChI=1S/C11H18N2O3S/c1-8-6-10(12)4-5-11(8)17(15,16)13(3)7-9(2)14/h4-6,9,14H,7,12H2,1-3H3. The Kier molecular flexibility index (Phi) is 4.13. The molecule has 3 N–H and O–H groups in total. The number of aliphatic hydroxyl groups excluding tert-OH is 1. The van der Waals surface area contributed by atoms with Crippen LogP contribution < -0.4 is 5.73 Å². The van der Waals surface area contributed by atoms with Gasteiger partial charge in [-0.3, -0.25) is 0 Å². The summed E-state index contributed by atoms with van der Waals surface area (Å²) >= 11 is 0. The molecular formula is C11H18N2O3S. The minimum atomic E-state index is -3.56. The van der Waals surface area contributed by atoms with E-state index in [2.05, 4.69) is 0 Å². The Labute approximate surface area is 102 Å². The Morgan fingerprint density at radius 3 is 2.53 bits per heavy atom. The number of nitrogens with two attached hydrogens (primary N) is 1. The number of anilines is 1. The maximum absolute atomic E-state index is 12.2. The number of sulfonamides is 1.